The molecule has 6 nitrogen and oxygen atoms in total. The zero-order chi connectivity index (χ0) is 15.8. The Bertz CT molecular complexity index is 644. The lowest BCUT2D eigenvalue weighted by Crippen LogP contribution is -2.29. The number of amides is 2. The maximum atomic E-state index is 11.8. The lowest BCUT2D eigenvalue weighted by Gasteiger charge is -2.07. The van der Waals surface area contributed by atoms with Crippen LogP contribution in [0.15, 0.2) is 48.8 Å². The van der Waals surface area contributed by atoms with Crippen molar-refractivity contribution in [3.63, 3.8) is 0 Å². The predicted molar refractivity (Wildman–Crippen MR) is 81.6 cm³/mol. The molecular weight excluding hydrogens is 282 g/mol. The molecule has 6 heteroatoms. The molecule has 0 aliphatic heterocycles. The summed E-state index contributed by atoms with van der Waals surface area (Å²) in [5.74, 6) is -0.390. The Labute approximate surface area is 128 Å². The van der Waals surface area contributed by atoms with Crippen molar-refractivity contribution in [2.75, 3.05) is 13.1 Å². The Morgan fingerprint density at radius 3 is 2.32 bits per heavy atom. The zero-order valence-electron chi connectivity index (χ0n) is 12.0. The number of aromatic nitrogens is 1. The third-order valence-electron chi connectivity index (χ3n) is 2.96. The average Bonchev–Trinajstić information content (AvgIpc) is 2.55. The molecule has 0 atom stereocenters. The number of phenols is 1. The fourth-order valence-corrected chi connectivity index (χ4v) is 1.84. The lowest BCUT2D eigenvalue weighted by atomic mass is 10.2. The molecule has 0 fully saturated rings. The molecule has 2 aromatic rings. The van der Waals surface area contributed by atoms with E-state index < -0.39 is 0 Å². The first kappa shape index (κ1) is 15.5. The van der Waals surface area contributed by atoms with Gasteiger partial charge >= 0.3 is 0 Å². The van der Waals surface area contributed by atoms with Crippen LogP contribution in [0, 0.1) is 0 Å². The van der Waals surface area contributed by atoms with Gasteiger partial charge in [0.25, 0.3) is 11.8 Å². The predicted octanol–water partition coefficient (Wildman–Crippen LogP) is 1.34. The molecule has 1 aromatic heterocycles. The molecule has 1 heterocycles. The maximum Gasteiger partial charge on any atom is 0.252 e. The van der Waals surface area contributed by atoms with Gasteiger partial charge in [0.15, 0.2) is 0 Å². The Balaban J connectivity index is 1.67. The normalized spacial score (nSPS) is 10.0. The molecule has 0 aliphatic rings. The van der Waals surface area contributed by atoms with Crippen LogP contribution in [0.1, 0.15) is 27.1 Å². The second-order valence-electron chi connectivity index (χ2n) is 4.66. The van der Waals surface area contributed by atoms with E-state index in [4.69, 9.17) is 0 Å². The van der Waals surface area contributed by atoms with E-state index in [1.165, 1.54) is 18.3 Å². The van der Waals surface area contributed by atoms with Gasteiger partial charge in [0.2, 0.25) is 0 Å². The lowest BCUT2D eigenvalue weighted by molar-refractivity contribution is 0.0951. The fraction of sp³-hybridized carbons (Fsp3) is 0.188. The fourth-order valence-electron chi connectivity index (χ4n) is 1.84. The summed E-state index contributed by atoms with van der Waals surface area (Å²) in [7, 11) is 0. The molecule has 0 unspecified atom stereocenters. The quantitative estimate of drug-likeness (QED) is 0.702. The second-order valence-corrected chi connectivity index (χ2v) is 4.66. The number of nitrogens with one attached hydrogen (secondary N) is 2. The molecule has 2 amide bonds. The topological polar surface area (TPSA) is 91.3 Å². The summed E-state index contributed by atoms with van der Waals surface area (Å²) >= 11 is 0. The number of nitrogens with zero attached hydrogens (tertiary/aromatic N) is 1. The van der Waals surface area contributed by atoms with Gasteiger partial charge in [-0.2, -0.15) is 0 Å². The van der Waals surface area contributed by atoms with E-state index in [0.717, 1.165) is 0 Å². The minimum atomic E-state index is -0.255. The van der Waals surface area contributed by atoms with Gasteiger partial charge in [-0.25, -0.2) is 0 Å². The van der Waals surface area contributed by atoms with Crippen molar-refractivity contribution >= 4 is 11.8 Å². The Hall–Kier alpha value is -2.89. The van der Waals surface area contributed by atoms with Crippen molar-refractivity contribution in [3.8, 4) is 5.75 Å². The van der Waals surface area contributed by atoms with Gasteiger partial charge in [0.1, 0.15) is 5.75 Å². The van der Waals surface area contributed by atoms with E-state index in [2.05, 4.69) is 15.6 Å². The third kappa shape index (κ3) is 4.59. The van der Waals surface area contributed by atoms with Gasteiger partial charge < -0.3 is 15.7 Å². The Morgan fingerprint density at radius 1 is 1.00 bits per heavy atom. The summed E-state index contributed by atoms with van der Waals surface area (Å²) < 4.78 is 0. The van der Waals surface area contributed by atoms with Crippen molar-refractivity contribution < 1.29 is 14.7 Å². The zero-order valence-corrected chi connectivity index (χ0v) is 12.0. The van der Waals surface area contributed by atoms with Crippen LogP contribution in [0.4, 0.5) is 0 Å². The van der Waals surface area contributed by atoms with E-state index in [9.17, 15) is 14.7 Å². The Kier molecular flexibility index (Phi) is 5.48. The number of phenolic OH excluding ortho intramolecular Hbond substituents is 1. The molecule has 0 saturated carbocycles. The number of aromatic hydroxyl groups is 1. The summed E-state index contributed by atoms with van der Waals surface area (Å²) in [5.41, 5.74) is 0.908. The van der Waals surface area contributed by atoms with Crippen LogP contribution in [0.25, 0.3) is 0 Å². The smallest absolute Gasteiger partial charge is 0.252 e. The summed E-state index contributed by atoms with van der Waals surface area (Å²) in [4.78, 5) is 27.4. The maximum absolute atomic E-state index is 11.8. The summed E-state index contributed by atoms with van der Waals surface area (Å²) in [5, 5.41) is 14.8. The van der Waals surface area contributed by atoms with E-state index in [0.29, 0.717) is 30.6 Å². The van der Waals surface area contributed by atoms with Gasteiger partial charge in [-0.05, 0) is 36.8 Å². The number of carbonyl (C=O) groups is 2. The van der Waals surface area contributed by atoms with Crippen molar-refractivity contribution in [1.82, 2.24) is 15.6 Å². The van der Waals surface area contributed by atoms with Gasteiger partial charge in [-0.3, -0.25) is 14.6 Å². The van der Waals surface area contributed by atoms with Gasteiger partial charge in [0, 0.05) is 31.0 Å². The van der Waals surface area contributed by atoms with E-state index in [-0.39, 0.29) is 17.6 Å². The number of benzene rings is 1. The van der Waals surface area contributed by atoms with Crippen LogP contribution in [-0.2, 0) is 0 Å². The second kappa shape index (κ2) is 7.78. The molecule has 0 spiro atoms. The van der Waals surface area contributed by atoms with Gasteiger partial charge in [-0.15, -0.1) is 0 Å². The average molecular weight is 299 g/mol. The minimum absolute atomic E-state index is 0.0522. The monoisotopic (exact) mass is 299 g/mol. The number of hydrogen-bond acceptors (Lipinski definition) is 4. The van der Waals surface area contributed by atoms with Crippen LogP contribution in [0.2, 0.25) is 0 Å². The van der Waals surface area contributed by atoms with E-state index in [1.807, 2.05) is 0 Å². The molecule has 1 aromatic carbocycles. The van der Waals surface area contributed by atoms with Crippen molar-refractivity contribution in [2.45, 2.75) is 6.42 Å². The van der Waals surface area contributed by atoms with Crippen molar-refractivity contribution in [2.24, 2.45) is 0 Å². The van der Waals surface area contributed by atoms with Crippen LogP contribution < -0.4 is 10.6 Å². The number of pyridine rings is 1. The highest BCUT2D eigenvalue weighted by Gasteiger charge is 2.06. The highest BCUT2D eigenvalue weighted by Crippen LogP contribution is 2.10. The number of carbonyl (C=O) groups excluding carboxylic acids is 2. The highest BCUT2D eigenvalue weighted by molar-refractivity contribution is 5.94. The first-order valence-electron chi connectivity index (χ1n) is 6.92. The molecular formula is C16H17N3O3. The molecule has 0 bridgehead atoms. The molecule has 0 saturated heterocycles. The number of hydrogen-bond donors (Lipinski definition) is 3. The molecule has 0 radical (unpaired) electrons. The minimum Gasteiger partial charge on any atom is -0.508 e. The third-order valence-corrected chi connectivity index (χ3v) is 2.96. The largest absolute Gasteiger partial charge is 0.508 e. The SMILES string of the molecule is O=C(NCCCNC(=O)c1cccc(O)c1)c1cccnc1. The van der Waals surface area contributed by atoms with E-state index >= 15 is 0 Å². The van der Waals surface area contributed by atoms with Crippen LogP contribution in [0.3, 0.4) is 0 Å². The number of rotatable bonds is 6. The van der Waals surface area contributed by atoms with E-state index in [1.54, 1.807) is 30.5 Å². The van der Waals surface area contributed by atoms with Gasteiger partial charge in [-0.1, -0.05) is 6.07 Å². The standard InChI is InChI=1S/C16H17N3O3/c20-14-6-1-4-12(10-14)15(21)18-8-3-9-19-16(22)13-5-2-7-17-11-13/h1-2,4-7,10-11,20H,3,8-9H2,(H,18,21)(H,19,22). The molecule has 3 N–H and O–H groups in total. The van der Waals surface area contributed by atoms with Crippen molar-refractivity contribution in [1.29, 1.82) is 0 Å². The first-order valence-corrected chi connectivity index (χ1v) is 6.92. The first-order chi connectivity index (χ1) is 10.7. The summed E-state index contributed by atoms with van der Waals surface area (Å²) in [6.07, 6.45) is 3.71. The Morgan fingerprint density at radius 2 is 1.68 bits per heavy atom. The summed E-state index contributed by atoms with van der Waals surface area (Å²) in [6, 6.07) is 9.53. The molecule has 2 rings (SSSR count). The molecule has 0 aliphatic carbocycles. The molecule has 22 heavy (non-hydrogen) atoms. The van der Waals surface area contributed by atoms with Gasteiger partial charge in [0.05, 0.1) is 5.56 Å². The summed E-state index contributed by atoms with van der Waals surface area (Å²) in [6.45, 7) is 0.885. The van der Waals surface area contributed by atoms with Crippen molar-refractivity contribution in [3.05, 3.63) is 59.9 Å². The highest BCUT2D eigenvalue weighted by atomic mass is 16.3. The van der Waals surface area contributed by atoms with Crippen LogP contribution in [-0.4, -0.2) is 35.0 Å². The molecule has 114 valence electrons. The van der Waals surface area contributed by atoms with Crippen LogP contribution >= 0.6 is 0 Å². The van der Waals surface area contributed by atoms with Crippen LogP contribution in [0.5, 0.6) is 5.75 Å².